The molecule has 120 valence electrons. The van der Waals surface area contributed by atoms with E-state index in [0.29, 0.717) is 36.0 Å². The van der Waals surface area contributed by atoms with Crippen LogP contribution in [0.4, 0.5) is 5.82 Å². The predicted molar refractivity (Wildman–Crippen MR) is 87.0 cm³/mol. The van der Waals surface area contributed by atoms with Gasteiger partial charge < -0.3 is 5.32 Å². The summed E-state index contributed by atoms with van der Waals surface area (Å²) in [5.74, 6) is 1.16. The maximum Gasteiger partial charge on any atom is 0.213 e. The number of aryl methyl sites for hydroxylation is 1. The quantitative estimate of drug-likeness (QED) is 0.814. The molecule has 0 aliphatic carbocycles. The second kappa shape index (κ2) is 5.74. The van der Waals surface area contributed by atoms with Crippen molar-refractivity contribution >= 4 is 42.8 Å². The third kappa shape index (κ3) is 2.70. The van der Waals surface area contributed by atoms with E-state index in [9.17, 15) is 8.42 Å². The minimum atomic E-state index is -3.06. The number of anilines is 1. The molecule has 0 saturated carbocycles. The molecule has 2 aromatic heterocycles. The van der Waals surface area contributed by atoms with Crippen molar-refractivity contribution in [3.8, 4) is 0 Å². The number of nitrogens with one attached hydrogen (secondary N) is 1. The lowest BCUT2D eigenvalue weighted by molar-refractivity contribution is 0.212. The van der Waals surface area contributed by atoms with Crippen LogP contribution in [0.5, 0.6) is 0 Å². The summed E-state index contributed by atoms with van der Waals surface area (Å²) in [6, 6.07) is 0. The molecule has 3 heterocycles. The van der Waals surface area contributed by atoms with Crippen LogP contribution in [0.1, 0.15) is 6.92 Å². The van der Waals surface area contributed by atoms with Crippen molar-refractivity contribution in [2.24, 2.45) is 13.0 Å². The van der Waals surface area contributed by atoms with Crippen molar-refractivity contribution in [1.29, 1.82) is 0 Å². The predicted octanol–water partition coefficient (Wildman–Crippen LogP) is 0.819. The molecule has 1 saturated heterocycles. The van der Waals surface area contributed by atoms with Crippen molar-refractivity contribution in [2.45, 2.75) is 6.92 Å². The summed E-state index contributed by atoms with van der Waals surface area (Å²) in [5.41, 5.74) is 0.744. The Hall–Kier alpha value is -1.26. The van der Waals surface area contributed by atoms with Gasteiger partial charge in [0.15, 0.2) is 5.65 Å². The summed E-state index contributed by atoms with van der Waals surface area (Å²) in [6.45, 7) is 3.46. The standard InChI is InChI=1S/C12H17BrN6O2S/c1-3-22(20,21)19-5-8(6-19)4-14-11-9-10(13)17-18(2)12(9)16-7-15-11/h7-8H,3-6H2,1-2H3,(H,14,15,16). The Morgan fingerprint density at radius 2 is 2.14 bits per heavy atom. The Labute approximate surface area is 137 Å². The topological polar surface area (TPSA) is 93.0 Å². The highest BCUT2D eigenvalue weighted by Crippen LogP contribution is 2.27. The van der Waals surface area contributed by atoms with Crippen LogP contribution in [-0.2, 0) is 17.1 Å². The van der Waals surface area contributed by atoms with Gasteiger partial charge in [-0.2, -0.15) is 5.10 Å². The van der Waals surface area contributed by atoms with Crippen LogP contribution in [0.3, 0.4) is 0 Å². The van der Waals surface area contributed by atoms with Crippen molar-refractivity contribution in [1.82, 2.24) is 24.1 Å². The van der Waals surface area contributed by atoms with Gasteiger partial charge in [-0.3, -0.25) is 0 Å². The number of hydrogen-bond acceptors (Lipinski definition) is 6. The van der Waals surface area contributed by atoms with Crippen molar-refractivity contribution in [3.05, 3.63) is 10.9 Å². The van der Waals surface area contributed by atoms with Crippen LogP contribution in [0.25, 0.3) is 11.0 Å². The summed E-state index contributed by atoms with van der Waals surface area (Å²) in [7, 11) is -1.23. The second-order valence-corrected chi connectivity index (χ2v) is 8.31. The molecule has 0 radical (unpaired) electrons. The molecule has 0 bridgehead atoms. The first-order chi connectivity index (χ1) is 10.4. The van der Waals surface area contributed by atoms with Gasteiger partial charge in [-0.15, -0.1) is 0 Å². The number of sulfonamides is 1. The minimum absolute atomic E-state index is 0.155. The van der Waals surface area contributed by atoms with Crippen LogP contribution >= 0.6 is 15.9 Å². The molecule has 22 heavy (non-hydrogen) atoms. The Kier molecular flexibility index (Phi) is 4.08. The number of hydrogen-bond donors (Lipinski definition) is 1. The van der Waals surface area contributed by atoms with Crippen molar-refractivity contribution in [2.75, 3.05) is 30.7 Å². The zero-order valence-corrected chi connectivity index (χ0v) is 14.7. The lowest BCUT2D eigenvalue weighted by Crippen LogP contribution is -2.52. The summed E-state index contributed by atoms with van der Waals surface area (Å²) < 4.78 is 27.3. The van der Waals surface area contributed by atoms with E-state index in [1.807, 2.05) is 7.05 Å². The van der Waals surface area contributed by atoms with E-state index in [-0.39, 0.29) is 5.75 Å². The fourth-order valence-corrected chi connectivity index (χ4v) is 4.32. The maximum absolute atomic E-state index is 11.7. The molecule has 1 aliphatic rings. The number of aromatic nitrogens is 4. The van der Waals surface area contributed by atoms with Crippen LogP contribution in [0.15, 0.2) is 10.9 Å². The molecule has 0 aromatic carbocycles. The molecule has 3 rings (SSSR count). The largest absolute Gasteiger partial charge is 0.369 e. The summed E-state index contributed by atoms with van der Waals surface area (Å²) in [5, 5.41) is 8.38. The Morgan fingerprint density at radius 1 is 1.41 bits per heavy atom. The van der Waals surface area contributed by atoms with Gasteiger partial charge in [0.1, 0.15) is 16.7 Å². The third-order valence-electron chi connectivity index (χ3n) is 3.82. The Balaban J connectivity index is 1.67. The van der Waals surface area contributed by atoms with E-state index in [2.05, 4.69) is 36.3 Å². The highest BCUT2D eigenvalue weighted by atomic mass is 79.9. The van der Waals surface area contributed by atoms with Gasteiger partial charge in [0.25, 0.3) is 0 Å². The van der Waals surface area contributed by atoms with Gasteiger partial charge in [0, 0.05) is 32.6 Å². The molecule has 2 aromatic rings. The SMILES string of the molecule is CCS(=O)(=O)N1CC(CNc2ncnc3c2c(Br)nn3C)C1. The average Bonchev–Trinajstić information content (AvgIpc) is 2.73. The minimum Gasteiger partial charge on any atom is -0.369 e. The molecule has 0 spiro atoms. The Bertz CT molecular complexity index is 799. The van der Waals surface area contributed by atoms with Crippen LogP contribution in [0, 0.1) is 5.92 Å². The lowest BCUT2D eigenvalue weighted by Gasteiger charge is -2.38. The van der Waals surface area contributed by atoms with Gasteiger partial charge >= 0.3 is 0 Å². The van der Waals surface area contributed by atoms with Crippen molar-refractivity contribution < 1.29 is 8.42 Å². The first kappa shape index (κ1) is 15.6. The van der Waals surface area contributed by atoms with Gasteiger partial charge in [-0.1, -0.05) is 0 Å². The van der Waals surface area contributed by atoms with E-state index in [1.165, 1.54) is 10.6 Å². The van der Waals surface area contributed by atoms with Crippen LogP contribution in [-0.4, -0.2) is 57.9 Å². The fraction of sp³-hybridized carbons (Fsp3) is 0.583. The second-order valence-electron chi connectivity index (χ2n) is 5.30. The highest BCUT2D eigenvalue weighted by molar-refractivity contribution is 9.10. The van der Waals surface area contributed by atoms with Gasteiger partial charge in [-0.25, -0.2) is 27.4 Å². The number of rotatable bonds is 5. The maximum atomic E-state index is 11.7. The number of fused-ring (bicyclic) bond motifs is 1. The molecular formula is C12H17BrN6O2S. The monoisotopic (exact) mass is 388 g/mol. The smallest absolute Gasteiger partial charge is 0.213 e. The molecule has 1 aliphatic heterocycles. The average molecular weight is 389 g/mol. The molecule has 0 atom stereocenters. The molecule has 1 N–H and O–H groups in total. The van der Waals surface area contributed by atoms with Crippen molar-refractivity contribution in [3.63, 3.8) is 0 Å². The van der Waals surface area contributed by atoms with E-state index >= 15 is 0 Å². The normalized spacial score (nSPS) is 16.9. The van der Waals surface area contributed by atoms with Gasteiger partial charge in [-0.05, 0) is 22.9 Å². The lowest BCUT2D eigenvalue weighted by atomic mass is 10.0. The first-order valence-electron chi connectivity index (χ1n) is 6.97. The number of halogens is 1. The highest BCUT2D eigenvalue weighted by Gasteiger charge is 2.34. The van der Waals surface area contributed by atoms with Crippen LogP contribution < -0.4 is 5.32 Å². The summed E-state index contributed by atoms with van der Waals surface area (Å²) in [6.07, 6.45) is 1.49. The van der Waals surface area contributed by atoms with E-state index in [4.69, 9.17) is 0 Å². The van der Waals surface area contributed by atoms with Crippen LogP contribution in [0.2, 0.25) is 0 Å². The first-order valence-corrected chi connectivity index (χ1v) is 9.37. The summed E-state index contributed by atoms with van der Waals surface area (Å²) >= 11 is 3.41. The fourth-order valence-electron chi connectivity index (χ4n) is 2.48. The summed E-state index contributed by atoms with van der Waals surface area (Å²) in [4.78, 5) is 8.47. The molecule has 0 amide bonds. The van der Waals surface area contributed by atoms with Gasteiger partial charge in [0.2, 0.25) is 10.0 Å². The number of nitrogens with zero attached hydrogens (tertiary/aromatic N) is 5. The molecule has 1 fully saturated rings. The Morgan fingerprint density at radius 3 is 2.82 bits per heavy atom. The van der Waals surface area contributed by atoms with Gasteiger partial charge in [0.05, 0.1) is 11.1 Å². The molecule has 0 unspecified atom stereocenters. The third-order valence-corrected chi connectivity index (χ3v) is 6.19. The molecule has 8 nitrogen and oxygen atoms in total. The van der Waals surface area contributed by atoms with E-state index < -0.39 is 10.0 Å². The molecule has 10 heteroatoms. The molecular weight excluding hydrogens is 372 g/mol. The van der Waals surface area contributed by atoms with E-state index in [0.717, 1.165) is 11.0 Å². The van der Waals surface area contributed by atoms with E-state index in [1.54, 1.807) is 11.6 Å². The zero-order chi connectivity index (χ0) is 15.9. The zero-order valence-electron chi connectivity index (χ0n) is 12.3.